The van der Waals surface area contributed by atoms with Crippen LogP contribution in [0.25, 0.3) is 0 Å². The van der Waals surface area contributed by atoms with Crippen LogP contribution in [-0.2, 0) is 4.79 Å². The van der Waals surface area contributed by atoms with Crippen LogP contribution in [0, 0.1) is 0 Å². The highest BCUT2D eigenvalue weighted by molar-refractivity contribution is 8.01. The molecule has 0 radical (unpaired) electrons. The number of aliphatic hydroxyl groups excluding tert-OH is 1. The highest BCUT2D eigenvalue weighted by Crippen LogP contribution is 2.33. The maximum absolute atomic E-state index is 12.5. The van der Waals surface area contributed by atoms with Crippen LogP contribution in [0.1, 0.15) is 19.8 Å². The number of benzene rings is 1. The molecule has 104 valence electrons. The summed E-state index contributed by atoms with van der Waals surface area (Å²) in [5.41, 5.74) is 0.788. The normalized spacial score (nSPS) is 21.5. The number of carbonyl (C=O) groups excluding carboxylic acids is 1. The molecule has 0 aromatic heterocycles. The van der Waals surface area contributed by atoms with Crippen molar-refractivity contribution in [2.75, 3.05) is 18.1 Å². The lowest BCUT2D eigenvalue weighted by molar-refractivity contribution is -0.119. The molecule has 1 amide bonds. The van der Waals surface area contributed by atoms with E-state index in [1.54, 1.807) is 22.7 Å². The zero-order valence-electron chi connectivity index (χ0n) is 10.9. The summed E-state index contributed by atoms with van der Waals surface area (Å²) in [5.74, 6) is 0.102. The molecule has 1 N–H and O–H groups in total. The summed E-state index contributed by atoms with van der Waals surface area (Å²) in [6, 6.07) is 7.43. The Morgan fingerprint density at radius 3 is 2.95 bits per heavy atom. The summed E-state index contributed by atoms with van der Waals surface area (Å²) < 4.78 is 0. The first kappa shape index (κ1) is 14.7. The number of hydrogen-bond acceptors (Lipinski definition) is 3. The van der Waals surface area contributed by atoms with Gasteiger partial charge in [0.2, 0.25) is 5.91 Å². The first-order valence-electron chi connectivity index (χ1n) is 6.45. The Labute approximate surface area is 122 Å². The summed E-state index contributed by atoms with van der Waals surface area (Å²) in [5, 5.41) is 9.73. The molecule has 5 heteroatoms. The Hall–Kier alpha value is -0.710. The van der Waals surface area contributed by atoms with E-state index in [9.17, 15) is 4.79 Å². The van der Waals surface area contributed by atoms with Gasteiger partial charge in [0.25, 0.3) is 0 Å². The number of para-hydroxylation sites is 1. The van der Waals surface area contributed by atoms with E-state index in [0.29, 0.717) is 11.6 Å². The van der Waals surface area contributed by atoms with Gasteiger partial charge < -0.3 is 10.0 Å². The zero-order chi connectivity index (χ0) is 13.8. The second-order valence-electron chi connectivity index (χ2n) is 4.70. The quantitative estimate of drug-likeness (QED) is 0.929. The van der Waals surface area contributed by atoms with Gasteiger partial charge >= 0.3 is 0 Å². The van der Waals surface area contributed by atoms with E-state index in [0.717, 1.165) is 18.5 Å². The number of amides is 1. The van der Waals surface area contributed by atoms with E-state index in [1.165, 1.54) is 0 Å². The molecule has 0 bridgehead atoms. The van der Waals surface area contributed by atoms with Crippen molar-refractivity contribution in [3.63, 3.8) is 0 Å². The molecular weight excluding hydrogens is 282 g/mol. The molecule has 3 nitrogen and oxygen atoms in total. The van der Waals surface area contributed by atoms with Gasteiger partial charge in [-0.15, -0.1) is 11.8 Å². The van der Waals surface area contributed by atoms with Crippen molar-refractivity contribution in [3.8, 4) is 0 Å². The highest BCUT2D eigenvalue weighted by Gasteiger charge is 2.31. The lowest BCUT2D eigenvalue weighted by Gasteiger charge is -2.33. The number of nitrogens with zero attached hydrogens (tertiary/aromatic N) is 1. The molecule has 1 saturated heterocycles. The second kappa shape index (κ2) is 6.64. The number of piperidine rings is 1. The van der Waals surface area contributed by atoms with E-state index in [-0.39, 0.29) is 23.0 Å². The third-order valence-corrected chi connectivity index (χ3v) is 4.89. The molecule has 1 heterocycles. The molecule has 0 aliphatic carbocycles. The Kier molecular flexibility index (Phi) is 5.13. The molecular formula is C14H18ClNO2S. The molecule has 1 aromatic carbocycles. The molecule has 1 aromatic rings. The number of carbonyl (C=O) groups is 1. The highest BCUT2D eigenvalue weighted by atomic mass is 35.5. The van der Waals surface area contributed by atoms with E-state index in [1.807, 2.05) is 25.1 Å². The summed E-state index contributed by atoms with van der Waals surface area (Å²) >= 11 is 7.71. The van der Waals surface area contributed by atoms with Crippen LogP contribution in [-0.4, -0.2) is 34.7 Å². The van der Waals surface area contributed by atoms with Gasteiger partial charge in [0.1, 0.15) is 0 Å². The minimum Gasteiger partial charge on any atom is -0.395 e. The smallest absolute Gasteiger partial charge is 0.240 e. The zero-order valence-corrected chi connectivity index (χ0v) is 12.5. The largest absolute Gasteiger partial charge is 0.395 e. The van der Waals surface area contributed by atoms with Gasteiger partial charge in [-0.2, -0.15) is 0 Å². The molecule has 0 spiro atoms. The first-order chi connectivity index (χ1) is 9.13. The Morgan fingerprint density at radius 1 is 1.53 bits per heavy atom. The number of halogens is 1. The third-order valence-electron chi connectivity index (χ3n) is 3.19. The monoisotopic (exact) mass is 299 g/mol. The molecule has 1 aliphatic heterocycles. The van der Waals surface area contributed by atoms with Crippen molar-refractivity contribution >= 4 is 35.0 Å². The van der Waals surface area contributed by atoms with E-state index >= 15 is 0 Å². The number of thioether (sulfide) groups is 1. The van der Waals surface area contributed by atoms with E-state index in [4.69, 9.17) is 16.7 Å². The van der Waals surface area contributed by atoms with E-state index in [2.05, 4.69) is 0 Å². The summed E-state index contributed by atoms with van der Waals surface area (Å²) in [7, 11) is 0. The van der Waals surface area contributed by atoms with Crippen LogP contribution in [0.15, 0.2) is 24.3 Å². The molecule has 1 aliphatic rings. The molecule has 19 heavy (non-hydrogen) atoms. The maximum atomic E-state index is 12.5. The van der Waals surface area contributed by atoms with E-state index < -0.39 is 0 Å². The second-order valence-corrected chi connectivity index (χ2v) is 6.75. The lowest BCUT2D eigenvalue weighted by atomic mass is 10.1. The summed E-state index contributed by atoms with van der Waals surface area (Å²) in [6.07, 6.45) is 1.83. The van der Waals surface area contributed by atoms with Gasteiger partial charge in [0.15, 0.2) is 0 Å². The van der Waals surface area contributed by atoms with Crippen molar-refractivity contribution < 1.29 is 9.90 Å². The Morgan fingerprint density at radius 2 is 2.26 bits per heavy atom. The van der Waals surface area contributed by atoms with Crippen molar-refractivity contribution in [2.45, 2.75) is 30.3 Å². The van der Waals surface area contributed by atoms with Crippen LogP contribution in [0.5, 0.6) is 0 Å². The van der Waals surface area contributed by atoms with Gasteiger partial charge in [0, 0.05) is 11.8 Å². The van der Waals surface area contributed by atoms with Crippen LogP contribution in [0.2, 0.25) is 5.02 Å². The fourth-order valence-electron chi connectivity index (χ4n) is 2.20. The van der Waals surface area contributed by atoms with Gasteiger partial charge in [-0.3, -0.25) is 4.79 Å². The number of aliphatic hydroxyl groups is 1. The predicted octanol–water partition coefficient (Wildman–Crippen LogP) is 2.95. The minimum absolute atomic E-state index is 0.0767. The summed E-state index contributed by atoms with van der Waals surface area (Å²) in [6.45, 7) is 2.75. The SMILES string of the molecule is C[C@@H](CO)S[C@@H]1CCCN(c2ccccc2Cl)C1=O. The average molecular weight is 300 g/mol. The molecule has 0 saturated carbocycles. The minimum atomic E-state index is -0.0767. The number of anilines is 1. The first-order valence-corrected chi connectivity index (χ1v) is 7.77. The van der Waals surface area contributed by atoms with Crippen LogP contribution < -0.4 is 4.90 Å². The van der Waals surface area contributed by atoms with Crippen molar-refractivity contribution in [1.29, 1.82) is 0 Å². The topological polar surface area (TPSA) is 40.5 Å². The number of rotatable bonds is 4. The Bertz CT molecular complexity index is 455. The number of hydrogen-bond donors (Lipinski definition) is 1. The molecule has 1 fully saturated rings. The molecule has 0 unspecified atom stereocenters. The van der Waals surface area contributed by atoms with Crippen molar-refractivity contribution in [3.05, 3.63) is 29.3 Å². The van der Waals surface area contributed by atoms with Crippen LogP contribution >= 0.6 is 23.4 Å². The Balaban J connectivity index is 2.14. The predicted molar refractivity (Wildman–Crippen MR) is 81.0 cm³/mol. The average Bonchev–Trinajstić information content (AvgIpc) is 2.42. The third kappa shape index (κ3) is 3.44. The fraction of sp³-hybridized carbons (Fsp3) is 0.500. The summed E-state index contributed by atoms with van der Waals surface area (Å²) in [4.78, 5) is 14.3. The lowest BCUT2D eigenvalue weighted by Crippen LogP contribution is -2.43. The van der Waals surface area contributed by atoms with Gasteiger partial charge in [0.05, 0.1) is 22.6 Å². The standard InChI is InChI=1S/C14H18ClNO2S/c1-10(9-17)19-13-7-4-8-16(14(13)18)12-6-3-2-5-11(12)15/h2-3,5-6,10,13,17H,4,7-9H2,1H3/t10-,13+/m0/s1. The van der Waals surface area contributed by atoms with Gasteiger partial charge in [-0.05, 0) is 25.0 Å². The van der Waals surface area contributed by atoms with Crippen molar-refractivity contribution in [2.24, 2.45) is 0 Å². The molecule has 2 rings (SSSR count). The van der Waals surface area contributed by atoms with Crippen LogP contribution in [0.4, 0.5) is 5.69 Å². The van der Waals surface area contributed by atoms with Gasteiger partial charge in [-0.1, -0.05) is 30.7 Å². The van der Waals surface area contributed by atoms with Crippen LogP contribution in [0.3, 0.4) is 0 Å². The molecule has 2 atom stereocenters. The maximum Gasteiger partial charge on any atom is 0.240 e. The van der Waals surface area contributed by atoms with Gasteiger partial charge in [-0.25, -0.2) is 0 Å². The fourth-order valence-corrected chi connectivity index (χ4v) is 3.63. The van der Waals surface area contributed by atoms with Crippen molar-refractivity contribution in [1.82, 2.24) is 0 Å².